The van der Waals surface area contributed by atoms with E-state index >= 15 is 0 Å². The third-order valence-corrected chi connectivity index (χ3v) is 5.30. The Balaban J connectivity index is 2.14. The number of halogens is 7. The molecule has 0 fully saturated rings. The van der Waals surface area contributed by atoms with Crippen LogP contribution >= 0.6 is 33.4 Å². The normalized spacial score (nSPS) is 16.0. The van der Waals surface area contributed by atoms with Crippen LogP contribution in [0.4, 0.5) is 19.4 Å². The molecule has 0 aliphatic heterocycles. The molecule has 1 N–H and O–H groups in total. The summed E-state index contributed by atoms with van der Waals surface area (Å²) in [6.07, 6.45) is 0. The summed E-state index contributed by atoms with van der Waals surface area (Å²) in [6, 6.07) is 7.57. The van der Waals surface area contributed by atoms with Gasteiger partial charge in [0.1, 0.15) is 17.3 Å². The van der Waals surface area contributed by atoms with Gasteiger partial charge in [0.05, 0.1) is 11.1 Å². The maximum atomic E-state index is 12.7. The van der Waals surface area contributed by atoms with E-state index in [1.807, 2.05) is 6.07 Å². The molecule has 0 heterocycles. The fraction of sp³-hybridized carbons (Fsp3) is 0.176. The number of ether oxygens (including phenoxy) is 1. The molecule has 0 spiro atoms. The highest BCUT2D eigenvalue weighted by molar-refractivity contribution is 8.45. The van der Waals surface area contributed by atoms with Crippen molar-refractivity contribution in [2.45, 2.75) is 17.4 Å². The van der Waals surface area contributed by atoms with Crippen LogP contribution in [0.2, 0.25) is 10.0 Å². The highest BCUT2D eigenvalue weighted by Gasteiger charge is 2.65. The zero-order valence-electron chi connectivity index (χ0n) is 14.6. The van der Waals surface area contributed by atoms with E-state index in [-0.39, 0.29) is 35.1 Å². The molecule has 1 amide bonds. The molecule has 1 atom stereocenters. The predicted molar refractivity (Wildman–Crippen MR) is 101 cm³/mol. The van der Waals surface area contributed by atoms with Crippen molar-refractivity contribution in [3.8, 4) is 11.8 Å². The van der Waals surface area contributed by atoms with Gasteiger partial charge in [-0.3, -0.25) is 4.79 Å². The second-order valence-corrected chi connectivity index (χ2v) is 9.51. The number of hydrogen-bond donors (Lipinski definition) is 1. The molecular formula is C17H13Cl2F5N2O2S. The van der Waals surface area contributed by atoms with Crippen LogP contribution < -0.4 is 10.1 Å². The molecule has 0 radical (unpaired) electrons. The van der Waals surface area contributed by atoms with Crippen LogP contribution in [0, 0.1) is 11.3 Å². The van der Waals surface area contributed by atoms with Gasteiger partial charge < -0.3 is 10.1 Å². The summed E-state index contributed by atoms with van der Waals surface area (Å²) in [5.41, 5.74) is -1.94. The molecule has 0 aliphatic carbocycles. The SMILES string of the molecule is CC(C#N)(COc1ccc(Cl)cc1Cl)NC(=O)c1ccc(S(F)(F)(F)(F)F)cc1. The molecule has 2 aromatic rings. The van der Waals surface area contributed by atoms with Gasteiger partial charge in [-0.15, -0.1) is 0 Å². The van der Waals surface area contributed by atoms with E-state index in [4.69, 9.17) is 27.9 Å². The van der Waals surface area contributed by atoms with E-state index in [0.29, 0.717) is 17.2 Å². The Labute approximate surface area is 172 Å². The number of carbonyl (C=O) groups is 1. The molecule has 0 aliphatic rings. The average molecular weight is 475 g/mol. The summed E-state index contributed by atoms with van der Waals surface area (Å²) < 4.78 is 69.1. The minimum Gasteiger partial charge on any atom is -0.488 e. The molecule has 0 saturated heterocycles. The minimum atomic E-state index is -9.84. The van der Waals surface area contributed by atoms with Gasteiger partial charge in [0, 0.05) is 10.6 Å². The number of rotatable bonds is 6. The van der Waals surface area contributed by atoms with Crippen LogP contribution in [0.5, 0.6) is 5.75 Å². The van der Waals surface area contributed by atoms with E-state index in [1.54, 1.807) is 0 Å². The first-order valence-electron chi connectivity index (χ1n) is 7.69. The Morgan fingerprint density at radius 3 is 2.21 bits per heavy atom. The van der Waals surface area contributed by atoms with Crippen molar-refractivity contribution >= 4 is 39.3 Å². The molecular weight excluding hydrogens is 462 g/mol. The number of nitriles is 1. The van der Waals surface area contributed by atoms with Gasteiger partial charge in [0.25, 0.3) is 5.91 Å². The quantitative estimate of drug-likeness (QED) is 0.471. The van der Waals surface area contributed by atoms with Crippen molar-refractivity contribution in [1.29, 1.82) is 5.26 Å². The van der Waals surface area contributed by atoms with Crippen LogP contribution in [0.3, 0.4) is 0 Å². The third kappa shape index (κ3) is 6.13. The van der Waals surface area contributed by atoms with E-state index in [2.05, 4.69) is 5.32 Å². The van der Waals surface area contributed by atoms with Crippen LogP contribution in [0.15, 0.2) is 47.4 Å². The van der Waals surface area contributed by atoms with Gasteiger partial charge in [-0.05, 0) is 49.4 Å². The summed E-state index contributed by atoms with van der Waals surface area (Å²) in [5.74, 6) is -0.763. The highest BCUT2D eigenvalue weighted by atomic mass is 35.5. The molecule has 2 aromatic carbocycles. The number of nitrogens with zero attached hydrogens (tertiary/aromatic N) is 1. The van der Waals surface area contributed by atoms with Gasteiger partial charge in [-0.1, -0.05) is 42.6 Å². The fourth-order valence-electron chi connectivity index (χ4n) is 2.10. The minimum absolute atomic E-state index is 0.115. The van der Waals surface area contributed by atoms with E-state index < -0.39 is 26.6 Å². The molecule has 1 unspecified atom stereocenters. The Kier molecular flexibility index (Phi) is 5.51. The number of amides is 1. The summed E-state index contributed by atoms with van der Waals surface area (Å²) in [5, 5.41) is 12.2. The van der Waals surface area contributed by atoms with E-state index in [9.17, 15) is 29.5 Å². The average Bonchev–Trinajstić information content (AvgIpc) is 2.59. The number of nitrogens with one attached hydrogen (secondary N) is 1. The lowest BCUT2D eigenvalue weighted by Crippen LogP contribution is -2.49. The zero-order chi connectivity index (χ0) is 22.2. The van der Waals surface area contributed by atoms with Crippen molar-refractivity contribution in [3.05, 3.63) is 58.1 Å². The van der Waals surface area contributed by atoms with Crippen LogP contribution in [0.1, 0.15) is 17.3 Å². The first-order chi connectivity index (χ1) is 13.0. The van der Waals surface area contributed by atoms with Crippen LogP contribution in [-0.4, -0.2) is 18.1 Å². The van der Waals surface area contributed by atoms with Gasteiger partial charge in [-0.2, -0.15) is 5.26 Å². The predicted octanol–water partition coefficient (Wildman–Crippen LogP) is 6.74. The van der Waals surface area contributed by atoms with Crippen molar-refractivity contribution in [3.63, 3.8) is 0 Å². The van der Waals surface area contributed by atoms with Crippen molar-refractivity contribution in [2.75, 3.05) is 6.61 Å². The number of carbonyl (C=O) groups excluding carboxylic acids is 1. The Morgan fingerprint density at radius 1 is 1.14 bits per heavy atom. The van der Waals surface area contributed by atoms with Crippen LogP contribution in [-0.2, 0) is 0 Å². The lowest BCUT2D eigenvalue weighted by Gasteiger charge is -2.40. The van der Waals surface area contributed by atoms with Gasteiger partial charge in [-0.25, -0.2) is 0 Å². The number of hydrogen-bond acceptors (Lipinski definition) is 3. The topological polar surface area (TPSA) is 62.1 Å². The Bertz CT molecular complexity index is 995. The molecule has 2 rings (SSSR count). The van der Waals surface area contributed by atoms with Crippen molar-refractivity contribution in [2.24, 2.45) is 0 Å². The summed E-state index contributed by atoms with van der Waals surface area (Å²) in [6.45, 7) is 0.942. The molecule has 0 aromatic heterocycles. The van der Waals surface area contributed by atoms with Crippen molar-refractivity contribution in [1.82, 2.24) is 5.32 Å². The Hall–Kier alpha value is -2.22. The summed E-state index contributed by atoms with van der Waals surface area (Å²) in [4.78, 5) is 10.1. The first-order valence-corrected chi connectivity index (χ1v) is 10.4. The maximum absolute atomic E-state index is 12.7. The molecule has 12 heteroatoms. The van der Waals surface area contributed by atoms with E-state index in [0.717, 1.165) is 0 Å². The third-order valence-electron chi connectivity index (χ3n) is 3.61. The van der Waals surface area contributed by atoms with Crippen LogP contribution in [0.25, 0.3) is 0 Å². The monoisotopic (exact) mass is 474 g/mol. The maximum Gasteiger partial charge on any atom is 0.310 e. The molecule has 158 valence electrons. The number of benzene rings is 2. The van der Waals surface area contributed by atoms with Gasteiger partial charge in [0.15, 0.2) is 5.54 Å². The lowest BCUT2D eigenvalue weighted by atomic mass is 10.1. The smallest absolute Gasteiger partial charge is 0.310 e. The first kappa shape index (κ1) is 23.1. The molecule has 0 bridgehead atoms. The largest absolute Gasteiger partial charge is 0.488 e. The standard InChI is InChI=1S/C17H13Cl2F5N2O2S/c1-17(9-25,10-28-15-7-4-12(18)8-14(15)19)26-16(27)11-2-5-13(6-3-11)29(20,21,22,23)24/h2-8H,10H2,1H3,(H,26,27). The highest BCUT2D eigenvalue weighted by Crippen LogP contribution is 3.02. The molecule has 0 saturated carbocycles. The van der Waals surface area contributed by atoms with Crippen molar-refractivity contribution < 1.29 is 29.0 Å². The lowest BCUT2D eigenvalue weighted by molar-refractivity contribution is 0.0901. The molecule has 29 heavy (non-hydrogen) atoms. The second kappa shape index (κ2) is 6.93. The fourth-order valence-corrected chi connectivity index (χ4v) is 3.21. The van der Waals surface area contributed by atoms with Gasteiger partial charge >= 0.3 is 10.2 Å². The van der Waals surface area contributed by atoms with E-state index in [1.165, 1.54) is 25.1 Å². The zero-order valence-corrected chi connectivity index (χ0v) is 16.9. The second-order valence-electron chi connectivity index (χ2n) is 6.25. The molecule has 4 nitrogen and oxygen atoms in total. The van der Waals surface area contributed by atoms with Gasteiger partial charge in [0.2, 0.25) is 0 Å². The summed E-state index contributed by atoms with van der Waals surface area (Å²) >= 11 is 11.7. The summed E-state index contributed by atoms with van der Waals surface area (Å²) in [7, 11) is -9.84. The Morgan fingerprint density at radius 2 is 1.72 bits per heavy atom.